The van der Waals surface area contributed by atoms with Crippen LogP contribution in [-0.4, -0.2) is 42.7 Å². The molecule has 0 saturated heterocycles. The predicted molar refractivity (Wildman–Crippen MR) is 90.4 cm³/mol. The van der Waals surface area contributed by atoms with Gasteiger partial charge in [-0.05, 0) is 13.3 Å². The number of aryl methyl sites for hydroxylation is 1. The molecule has 0 spiro atoms. The number of imidazole rings is 2. The Morgan fingerprint density at radius 2 is 2.35 bits per heavy atom. The van der Waals surface area contributed by atoms with Gasteiger partial charge in [0.25, 0.3) is 5.56 Å². The van der Waals surface area contributed by atoms with Crippen LogP contribution in [0.3, 0.4) is 0 Å². The lowest BCUT2D eigenvalue weighted by molar-refractivity contribution is 0.496. The van der Waals surface area contributed by atoms with Crippen molar-refractivity contribution >= 4 is 29.2 Å². The van der Waals surface area contributed by atoms with Crippen LogP contribution >= 0.6 is 0 Å². The summed E-state index contributed by atoms with van der Waals surface area (Å²) in [6.45, 7) is 8.00. The van der Waals surface area contributed by atoms with Gasteiger partial charge in [-0.25, -0.2) is 9.97 Å². The molecule has 0 fully saturated rings. The maximum absolute atomic E-state index is 12.7. The van der Waals surface area contributed by atoms with E-state index in [1.807, 2.05) is 24.4 Å². The first kappa shape index (κ1) is 15.0. The van der Waals surface area contributed by atoms with Gasteiger partial charge in [0.15, 0.2) is 11.2 Å². The van der Waals surface area contributed by atoms with E-state index in [0.29, 0.717) is 29.3 Å². The van der Waals surface area contributed by atoms with Crippen molar-refractivity contribution in [3.05, 3.63) is 34.8 Å². The third-order valence-corrected chi connectivity index (χ3v) is 3.66. The second-order valence-corrected chi connectivity index (χ2v) is 5.37. The van der Waals surface area contributed by atoms with Gasteiger partial charge in [-0.1, -0.05) is 6.92 Å². The molecular weight excluding hydrogens is 294 g/mol. The molecule has 23 heavy (non-hydrogen) atoms. The van der Waals surface area contributed by atoms with Crippen LogP contribution in [0.5, 0.6) is 0 Å². The van der Waals surface area contributed by atoms with Crippen LogP contribution < -0.4 is 5.56 Å². The van der Waals surface area contributed by atoms with Crippen molar-refractivity contribution < 1.29 is 0 Å². The minimum atomic E-state index is -0.109. The number of H-pyrrole nitrogens is 1. The summed E-state index contributed by atoms with van der Waals surface area (Å²) in [6, 6.07) is 0. The van der Waals surface area contributed by atoms with Crippen LogP contribution in [-0.2, 0) is 6.54 Å². The summed E-state index contributed by atoms with van der Waals surface area (Å²) < 4.78 is 3.50. The maximum atomic E-state index is 12.7. The predicted octanol–water partition coefficient (Wildman–Crippen LogP) is 1.69. The van der Waals surface area contributed by atoms with Gasteiger partial charge in [-0.2, -0.15) is 5.10 Å². The number of hydrazone groups is 1. The van der Waals surface area contributed by atoms with Gasteiger partial charge in [-0.3, -0.25) is 18.8 Å². The lowest BCUT2D eigenvalue weighted by Gasteiger charge is -2.06. The molecule has 0 aliphatic carbocycles. The van der Waals surface area contributed by atoms with E-state index < -0.39 is 0 Å². The molecule has 3 aromatic rings. The number of aromatic nitrogens is 5. The van der Waals surface area contributed by atoms with Crippen LogP contribution in [0, 0.1) is 0 Å². The minimum Gasteiger partial charge on any atom is -0.332 e. The van der Waals surface area contributed by atoms with Gasteiger partial charge in [0, 0.05) is 44.5 Å². The molecular formula is C15H19N7O. The first-order valence-electron chi connectivity index (χ1n) is 7.40. The van der Waals surface area contributed by atoms with E-state index in [-0.39, 0.29) is 5.56 Å². The second kappa shape index (κ2) is 5.71. The second-order valence-electron chi connectivity index (χ2n) is 5.37. The summed E-state index contributed by atoms with van der Waals surface area (Å²) in [5, 5.41) is 5.38. The molecule has 0 saturated carbocycles. The molecule has 0 atom stereocenters. The molecule has 0 amide bonds. The Balaban J connectivity index is 2.27. The van der Waals surface area contributed by atoms with Crippen LogP contribution in [0.1, 0.15) is 26.1 Å². The van der Waals surface area contributed by atoms with Crippen molar-refractivity contribution in [2.75, 3.05) is 7.05 Å². The Kier molecular flexibility index (Phi) is 3.73. The Morgan fingerprint density at radius 1 is 1.57 bits per heavy atom. The SMILES string of the molecule is C=NN(C)/C=C(\C)c1nc2c([nH]1)c(=O)n(CCC)c1nccn21. The molecule has 0 aliphatic heterocycles. The highest BCUT2D eigenvalue weighted by Crippen LogP contribution is 2.16. The zero-order chi connectivity index (χ0) is 16.6. The van der Waals surface area contributed by atoms with E-state index in [4.69, 9.17) is 0 Å². The molecule has 3 aromatic heterocycles. The summed E-state index contributed by atoms with van der Waals surface area (Å²) in [5.41, 5.74) is 1.79. The molecule has 0 aromatic carbocycles. The molecule has 0 aliphatic rings. The third kappa shape index (κ3) is 2.41. The number of rotatable bonds is 5. The molecule has 1 N–H and O–H groups in total. The number of allylic oxidation sites excluding steroid dienone is 1. The number of hydrogen-bond donors (Lipinski definition) is 1. The Labute approximate surface area is 132 Å². The van der Waals surface area contributed by atoms with Crippen LogP contribution in [0.4, 0.5) is 0 Å². The van der Waals surface area contributed by atoms with E-state index in [0.717, 1.165) is 12.0 Å². The van der Waals surface area contributed by atoms with Crippen molar-refractivity contribution in [3.63, 3.8) is 0 Å². The lowest BCUT2D eigenvalue weighted by Crippen LogP contribution is -2.23. The summed E-state index contributed by atoms with van der Waals surface area (Å²) in [7, 11) is 1.78. The maximum Gasteiger partial charge on any atom is 0.280 e. The van der Waals surface area contributed by atoms with E-state index in [1.165, 1.54) is 0 Å². The molecule has 0 unspecified atom stereocenters. The number of fused-ring (bicyclic) bond motifs is 3. The molecule has 120 valence electrons. The van der Waals surface area contributed by atoms with Gasteiger partial charge < -0.3 is 4.98 Å². The fourth-order valence-corrected chi connectivity index (χ4v) is 2.57. The molecule has 8 nitrogen and oxygen atoms in total. The summed E-state index contributed by atoms with van der Waals surface area (Å²) in [6.07, 6.45) is 6.13. The van der Waals surface area contributed by atoms with Gasteiger partial charge in [0.05, 0.1) is 0 Å². The Hall–Kier alpha value is -2.90. The third-order valence-electron chi connectivity index (χ3n) is 3.66. The van der Waals surface area contributed by atoms with Gasteiger partial charge in [0.2, 0.25) is 5.78 Å². The smallest absolute Gasteiger partial charge is 0.280 e. The average molecular weight is 313 g/mol. The van der Waals surface area contributed by atoms with Crippen molar-refractivity contribution in [3.8, 4) is 0 Å². The normalized spacial score (nSPS) is 12.2. The minimum absolute atomic E-state index is 0.109. The Morgan fingerprint density at radius 3 is 3.04 bits per heavy atom. The highest BCUT2D eigenvalue weighted by molar-refractivity contribution is 5.76. The van der Waals surface area contributed by atoms with Gasteiger partial charge in [0.1, 0.15) is 5.82 Å². The molecule has 8 heteroatoms. The highest BCUT2D eigenvalue weighted by Gasteiger charge is 2.16. The Bertz CT molecular complexity index is 959. The number of aromatic amines is 1. The van der Waals surface area contributed by atoms with Gasteiger partial charge >= 0.3 is 0 Å². The van der Waals surface area contributed by atoms with E-state index in [2.05, 4.69) is 26.8 Å². The zero-order valence-corrected chi connectivity index (χ0v) is 13.4. The zero-order valence-electron chi connectivity index (χ0n) is 13.4. The van der Waals surface area contributed by atoms with E-state index in [9.17, 15) is 4.79 Å². The van der Waals surface area contributed by atoms with Crippen LogP contribution in [0.25, 0.3) is 22.5 Å². The van der Waals surface area contributed by atoms with Crippen LogP contribution in [0.15, 0.2) is 28.5 Å². The molecule has 0 radical (unpaired) electrons. The number of hydrogen-bond acceptors (Lipinski definition) is 5. The van der Waals surface area contributed by atoms with E-state index in [1.54, 1.807) is 29.0 Å². The van der Waals surface area contributed by atoms with Crippen LogP contribution in [0.2, 0.25) is 0 Å². The first-order valence-corrected chi connectivity index (χ1v) is 7.40. The lowest BCUT2D eigenvalue weighted by atomic mass is 10.3. The first-order chi connectivity index (χ1) is 11.1. The van der Waals surface area contributed by atoms with E-state index >= 15 is 0 Å². The monoisotopic (exact) mass is 313 g/mol. The number of nitrogens with zero attached hydrogens (tertiary/aromatic N) is 6. The average Bonchev–Trinajstić information content (AvgIpc) is 3.17. The van der Waals surface area contributed by atoms with Crippen molar-refractivity contribution in [1.82, 2.24) is 28.9 Å². The van der Waals surface area contributed by atoms with Crippen molar-refractivity contribution in [2.24, 2.45) is 5.10 Å². The topological polar surface area (TPSA) is 83.6 Å². The standard InChI is InChI=1S/C15H19N7O/c1-5-7-22-14(23)11-13(21-8-6-17-15(21)22)19-12(18-11)10(2)9-20(4)16-3/h6,8-9H,3,5,7H2,1-2,4H3,(H,18,19)/b10-9+. The summed E-state index contributed by atoms with van der Waals surface area (Å²) >= 11 is 0. The largest absolute Gasteiger partial charge is 0.332 e. The fraction of sp³-hybridized carbons (Fsp3) is 0.333. The molecule has 0 bridgehead atoms. The molecule has 3 heterocycles. The number of nitrogens with one attached hydrogen (secondary N) is 1. The van der Waals surface area contributed by atoms with Crippen molar-refractivity contribution in [2.45, 2.75) is 26.8 Å². The van der Waals surface area contributed by atoms with Gasteiger partial charge in [-0.15, -0.1) is 0 Å². The fourth-order valence-electron chi connectivity index (χ4n) is 2.57. The van der Waals surface area contributed by atoms with Crippen molar-refractivity contribution in [1.29, 1.82) is 0 Å². The summed E-state index contributed by atoms with van der Waals surface area (Å²) in [5.74, 6) is 1.23. The highest BCUT2D eigenvalue weighted by atomic mass is 16.1. The summed E-state index contributed by atoms with van der Waals surface area (Å²) in [4.78, 5) is 24.7. The quantitative estimate of drug-likeness (QED) is 0.574. The molecule has 3 rings (SSSR count).